The molecule has 2 aliphatic heterocycles. The molecule has 1 fully saturated rings. The molecule has 1 amide bonds. The van der Waals surface area contributed by atoms with Gasteiger partial charge in [-0.2, -0.15) is 0 Å². The van der Waals surface area contributed by atoms with Crippen LogP contribution in [0.1, 0.15) is 41.4 Å². The third-order valence-corrected chi connectivity index (χ3v) is 5.32. The average molecular weight is 340 g/mol. The lowest BCUT2D eigenvalue weighted by Gasteiger charge is -2.30. The molecule has 2 aromatic rings. The smallest absolute Gasteiger partial charge is 0.257 e. The zero-order valence-corrected chi connectivity index (χ0v) is 14.5. The molecule has 0 radical (unpaired) electrons. The highest BCUT2D eigenvalue weighted by atomic mass is 16.3. The first-order valence-electron chi connectivity index (χ1n) is 9.01. The number of aliphatic hydroxyl groups excluding tert-OH is 1. The van der Waals surface area contributed by atoms with Crippen LogP contribution in [0.25, 0.3) is 0 Å². The minimum atomic E-state index is -0.418. The number of carbonyl (C=O) groups is 1. The summed E-state index contributed by atoms with van der Waals surface area (Å²) < 4.78 is 5.68. The van der Waals surface area contributed by atoms with Gasteiger partial charge in [0.2, 0.25) is 0 Å². The number of fused-ring (bicyclic) bond motifs is 1. The number of hydrogen-bond acceptors (Lipinski definition) is 4. The number of carbonyl (C=O) groups excluding carboxylic acids is 1. The zero-order chi connectivity index (χ0) is 17.4. The van der Waals surface area contributed by atoms with E-state index >= 15 is 0 Å². The first-order chi connectivity index (χ1) is 12.1. The Labute approximate surface area is 147 Å². The molecular weight excluding hydrogens is 316 g/mol. The lowest BCUT2D eigenvalue weighted by Crippen LogP contribution is -2.42. The number of amides is 1. The number of nitrogens with zero attached hydrogens (tertiary/aromatic N) is 2. The fraction of sp³-hybridized carbons (Fsp3) is 0.450. The average Bonchev–Trinajstić information content (AvgIpc) is 3.19. The third-order valence-electron chi connectivity index (χ3n) is 5.32. The maximum Gasteiger partial charge on any atom is 0.257 e. The predicted octanol–water partition coefficient (Wildman–Crippen LogP) is 2.83. The number of likely N-dealkylation sites (tertiary alicyclic amines) is 1. The second kappa shape index (κ2) is 6.56. The van der Waals surface area contributed by atoms with Crippen LogP contribution in [0.3, 0.4) is 0 Å². The summed E-state index contributed by atoms with van der Waals surface area (Å²) in [4.78, 5) is 16.9. The highest BCUT2D eigenvalue weighted by molar-refractivity contribution is 5.95. The SMILES string of the molecule is CC1Cc2ccccc2N1Cc1occc1C(=O)N1CCCC(O)C1. The summed E-state index contributed by atoms with van der Waals surface area (Å²) in [5.74, 6) is 0.663. The Morgan fingerprint density at radius 1 is 1.32 bits per heavy atom. The van der Waals surface area contributed by atoms with Crippen LogP contribution >= 0.6 is 0 Å². The van der Waals surface area contributed by atoms with Gasteiger partial charge in [0, 0.05) is 24.8 Å². The van der Waals surface area contributed by atoms with Crippen LogP contribution in [-0.2, 0) is 13.0 Å². The molecule has 5 nitrogen and oxygen atoms in total. The van der Waals surface area contributed by atoms with Crippen LogP contribution in [0.2, 0.25) is 0 Å². The summed E-state index contributed by atoms with van der Waals surface area (Å²) in [7, 11) is 0. The van der Waals surface area contributed by atoms with Crippen LogP contribution in [0.4, 0.5) is 5.69 Å². The molecule has 132 valence electrons. The summed E-state index contributed by atoms with van der Waals surface area (Å²) in [6, 6.07) is 10.5. The lowest BCUT2D eigenvalue weighted by molar-refractivity contribution is 0.0472. The molecule has 1 aromatic carbocycles. The predicted molar refractivity (Wildman–Crippen MR) is 95.6 cm³/mol. The summed E-state index contributed by atoms with van der Waals surface area (Å²) in [5.41, 5.74) is 3.18. The Morgan fingerprint density at radius 2 is 2.16 bits per heavy atom. The van der Waals surface area contributed by atoms with E-state index in [9.17, 15) is 9.90 Å². The maximum absolute atomic E-state index is 12.9. The van der Waals surface area contributed by atoms with Gasteiger partial charge in [-0.15, -0.1) is 0 Å². The van der Waals surface area contributed by atoms with Crippen molar-refractivity contribution in [2.24, 2.45) is 0 Å². The van der Waals surface area contributed by atoms with Crippen molar-refractivity contribution in [3.63, 3.8) is 0 Å². The van der Waals surface area contributed by atoms with Gasteiger partial charge in [-0.05, 0) is 43.9 Å². The first kappa shape index (κ1) is 16.2. The second-order valence-electron chi connectivity index (χ2n) is 7.11. The lowest BCUT2D eigenvalue weighted by atomic mass is 10.1. The fourth-order valence-corrected chi connectivity index (χ4v) is 3.99. The van der Waals surface area contributed by atoms with E-state index in [0.29, 0.717) is 37.0 Å². The van der Waals surface area contributed by atoms with Crippen molar-refractivity contribution in [2.45, 2.75) is 44.9 Å². The van der Waals surface area contributed by atoms with Crippen molar-refractivity contribution >= 4 is 11.6 Å². The largest absolute Gasteiger partial charge is 0.467 e. The molecule has 4 rings (SSSR count). The van der Waals surface area contributed by atoms with E-state index in [1.165, 1.54) is 11.3 Å². The first-order valence-corrected chi connectivity index (χ1v) is 9.01. The van der Waals surface area contributed by atoms with Crippen molar-refractivity contribution in [1.82, 2.24) is 4.90 Å². The minimum absolute atomic E-state index is 0.0392. The van der Waals surface area contributed by atoms with Crippen LogP contribution in [0, 0.1) is 0 Å². The standard InChI is InChI=1S/C20H24N2O3/c1-14-11-15-5-2-3-7-18(15)22(14)13-19-17(8-10-25-19)20(24)21-9-4-6-16(23)12-21/h2-3,5,7-8,10,14,16,23H,4,6,9,11-13H2,1H3. The van der Waals surface area contributed by atoms with Crippen LogP contribution in [-0.4, -0.2) is 41.1 Å². The number of β-amino-alcohol motifs (C(OH)–C–C–N with tert-alkyl or cyclic N) is 1. The Bertz CT molecular complexity index is 770. The normalized spacial score (nSPS) is 23.0. The molecule has 0 spiro atoms. The van der Waals surface area contributed by atoms with Gasteiger partial charge in [-0.3, -0.25) is 4.79 Å². The molecule has 2 unspecified atom stereocenters. The van der Waals surface area contributed by atoms with E-state index in [0.717, 1.165) is 19.3 Å². The van der Waals surface area contributed by atoms with E-state index < -0.39 is 6.10 Å². The number of hydrogen-bond donors (Lipinski definition) is 1. The third kappa shape index (κ3) is 3.04. The molecule has 1 aromatic heterocycles. The fourth-order valence-electron chi connectivity index (χ4n) is 3.99. The van der Waals surface area contributed by atoms with Gasteiger partial charge in [0.15, 0.2) is 0 Å². The monoisotopic (exact) mass is 340 g/mol. The number of rotatable bonds is 3. The van der Waals surface area contributed by atoms with Crippen LogP contribution < -0.4 is 4.90 Å². The van der Waals surface area contributed by atoms with Gasteiger partial charge in [0.1, 0.15) is 5.76 Å². The summed E-state index contributed by atoms with van der Waals surface area (Å²) in [6.45, 7) is 3.89. The Kier molecular flexibility index (Phi) is 4.25. The van der Waals surface area contributed by atoms with Crippen LogP contribution in [0.15, 0.2) is 41.0 Å². The summed E-state index contributed by atoms with van der Waals surface area (Å²) in [5, 5.41) is 9.84. The van der Waals surface area contributed by atoms with Gasteiger partial charge >= 0.3 is 0 Å². The molecule has 0 bridgehead atoms. The number of para-hydroxylation sites is 1. The molecule has 0 aliphatic carbocycles. The van der Waals surface area contributed by atoms with Crippen molar-refractivity contribution < 1.29 is 14.3 Å². The molecule has 0 saturated carbocycles. The Balaban J connectivity index is 1.55. The van der Waals surface area contributed by atoms with Gasteiger partial charge in [0.25, 0.3) is 5.91 Å². The maximum atomic E-state index is 12.9. The van der Waals surface area contributed by atoms with Gasteiger partial charge in [0.05, 0.1) is 24.5 Å². The molecular formula is C20H24N2O3. The minimum Gasteiger partial charge on any atom is -0.467 e. The van der Waals surface area contributed by atoms with E-state index in [-0.39, 0.29) is 5.91 Å². The molecule has 2 aliphatic rings. The highest BCUT2D eigenvalue weighted by Crippen LogP contribution is 2.33. The zero-order valence-electron chi connectivity index (χ0n) is 14.5. The van der Waals surface area contributed by atoms with Crippen molar-refractivity contribution in [3.8, 4) is 0 Å². The molecule has 1 saturated heterocycles. The molecule has 3 heterocycles. The molecule has 1 N–H and O–H groups in total. The van der Waals surface area contributed by atoms with E-state index in [4.69, 9.17) is 4.42 Å². The number of piperidine rings is 1. The van der Waals surface area contributed by atoms with Crippen molar-refractivity contribution in [3.05, 3.63) is 53.5 Å². The summed E-state index contributed by atoms with van der Waals surface area (Å²) in [6.07, 6.45) is 3.80. The van der Waals surface area contributed by atoms with E-state index in [1.54, 1.807) is 17.2 Å². The summed E-state index contributed by atoms with van der Waals surface area (Å²) >= 11 is 0. The van der Waals surface area contributed by atoms with E-state index in [1.807, 2.05) is 6.07 Å². The Hall–Kier alpha value is -2.27. The number of benzene rings is 1. The highest BCUT2D eigenvalue weighted by Gasteiger charge is 2.30. The quantitative estimate of drug-likeness (QED) is 0.933. The molecule has 5 heteroatoms. The topological polar surface area (TPSA) is 56.9 Å². The van der Waals surface area contributed by atoms with Crippen molar-refractivity contribution in [1.29, 1.82) is 0 Å². The van der Waals surface area contributed by atoms with Gasteiger partial charge in [-0.25, -0.2) is 0 Å². The Morgan fingerprint density at radius 3 is 3.00 bits per heavy atom. The number of aliphatic hydroxyl groups is 1. The number of anilines is 1. The van der Waals surface area contributed by atoms with Crippen LogP contribution in [0.5, 0.6) is 0 Å². The van der Waals surface area contributed by atoms with E-state index in [2.05, 4.69) is 30.0 Å². The number of furan rings is 1. The molecule has 2 atom stereocenters. The second-order valence-corrected chi connectivity index (χ2v) is 7.11. The van der Waals surface area contributed by atoms with Gasteiger partial charge < -0.3 is 19.3 Å². The van der Waals surface area contributed by atoms with Gasteiger partial charge in [-0.1, -0.05) is 18.2 Å². The molecule has 25 heavy (non-hydrogen) atoms. The van der Waals surface area contributed by atoms with Crippen molar-refractivity contribution in [2.75, 3.05) is 18.0 Å².